The van der Waals surface area contributed by atoms with Crippen molar-refractivity contribution in [3.05, 3.63) is 42.5 Å². The highest BCUT2D eigenvalue weighted by Crippen LogP contribution is 2.26. The number of pyridine rings is 1. The number of methoxy groups -OCH3 is 1. The summed E-state index contributed by atoms with van der Waals surface area (Å²) >= 11 is 0. The van der Waals surface area contributed by atoms with E-state index in [9.17, 15) is 9.90 Å². The molecule has 0 spiro atoms. The lowest BCUT2D eigenvalue weighted by Crippen LogP contribution is -2.46. The Morgan fingerprint density at radius 1 is 1.40 bits per heavy atom. The van der Waals surface area contributed by atoms with Gasteiger partial charge in [0, 0.05) is 38.7 Å². The predicted octanol–water partition coefficient (Wildman–Crippen LogP) is 0.594. The number of rotatable bonds is 5. The molecule has 0 aromatic carbocycles. The van der Waals surface area contributed by atoms with Gasteiger partial charge in [-0.15, -0.1) is 0 Å². The van der Waals surface area contributed by atoms with E-state index in [1.54, 1.807) is 44.0 Å². The highest BCUT2D eigenvalue weighted by atomic mass is 16.5. The Labute approximate surface area is 146 Å². The second kappa shape index (κ2) is 7.02. The molecule has 1 N–H and O–H groups in total. The van der Waals surface area contributed by atoms with Crippen LogP contribution in [0.5, 0.6) is 5.88 Å². The number of ether oxygens (including phenoxy) is 1. The molecule has 3 rings (SSSR count). The average molecular weight is 343 g/mol. The van der Waals surface area contributed by atoms with Crippen molar-refractivity contribution in [1.82, 2.24) is 19.9 Å². The lowest BCUT2D eigenvalue weighted by atomic mass is 10.0. The molecule has 0 aliphatic carbocycles. The standard InChI is InChI=1S/C17H21N5O3/c1-21(16(23)13-4-3-6-20-15(13)25-2)11-17(24)5-9-22(12-17)14-10-18-7-8-19-14/h3-4,6-8,10,24H,5,9,11-12H2,1-2H3. The number of amides is 1. The van der Waals surface area contributed by atoms with Gasteiger partial charge < -0.3 is 19.6 Å². The molecule has 0 saturated carbocycles. The van der Waals surface area contributed by atoms with Crippen molar-refractivity contribution in [2.75, 3.05) is 38.7 Å². The number of β-amino-alcohol motifs (C(OH)–C–C–N with tert-alkyl or cyclic N) is 1. The van der Waals surface area contributed by atoms with Crippen molar-refractivity contribution in [2.24, 2.45) is 0 Å². The zero-order valence-corrected chi connectivity index (χ0v) is 14.3. The van der Waals surface area contributed by atoms with Gasteiger partial charge in [-0.3, -0.25) is 9.78 Å². The van der Waals surface area contributed by atoms with E-state index in [2.05, 4.69) is 15.0 Å². The fourth-order valence-electron chi connectivity index (χ4n) is 3.07. The Morgan fingerprint density at radius 3 is 2.96 bits per heavy atom. The van der Waals surface area contributed by atoms with Crippen molar-refractivity contribution in [3.8, 4) is 5.88 Å². The monoisotopic (exact) mass is 343 g/mol. The maximum absolute atomic E-state index is 12.7. The van der Waals surface area contributed by atoms with Crippen molar-refractivity contribution in [2.45, 2.75) is 12.0 Å². The SMILES string of the molecule is COc1ncccc1C(=O)N(C)CC1(O)CCN(c2cnccn2)C1. The van der Waals surface area contributed by atoms with Crippen LogP contribution < -0.4 is 9.64 Å². The van der Waals surface area contributed by atoms with E-state index in [0.29, 0.717) is 25.1 Å². The van der Waals surface area contributed by atoms with E-state index >= 15 is 0 Å². The van der Waals surface area contributed by atoms with Crippen LogP contribution in [0, 0.1) is 0 Å². The van der Waals surface area contributed by atoms with Gasteiger partial charge in [0.2, 0.25) is 5.88 Å². The molecule has 8 heteroatoms. The number of nitrogens with zero attached hydrogens (tertiary/aromatic N) is 5. The molecule has 0 bridgehead atoms. The molecule has 1 unspecified atom stereocenters. The van der Waals surface area contributed by atoms with E-state index in [-0.39, 0.29) is 18.3 Å². The van der Waals surface area contributed by atoms with Gasteiger partial charge in [0.25, 0.3) is 5.91 Å². The first kappa shape index (κ1) is 17.1. The lowest BCUT2D eigenvalue weighted by Gasteiger charge is -2.29. The summed E-state index contributed by atoms with van der Waals surface area (Å²) in [6, 6.07) is 3.35. The number of carbonyl (C=O) groups excluding carboxylic acids is 1. The minimum Gasteiger partial charge on any atom is -0.480 e. The minimum atomic E-state index is -1.00. The second-order valence-corrected chi connectivity index (χ2v) is 6.18. The topological polar surface area (TPSA) is 91.7 Å². The van der Waals surface area contributed by atoms with Crippen LogP contribution in [-0.4, -0.2) is 70.3 Å². The first-order valence-electron chi connectivity index (χ1n) is 8.00. The molecular weight excluding hydrogens is 322 g/mol. The van der Waals surface area contributed by atoms with Crippen LogP contribution in [0.25, 0.3) is 0 Å². The third-order valence-electron chi connectivity index (χ3n) is 4.28. The van der Waals surface area contributed by atoms with E-state index in [4.69, 9.17) is 4.74 Å². The third-order valence-corrected chi connectivity index (χ3v) is 4.28. The maximum atomic E-state index is 12.7. The van der Waals surface area contributed by atoms with Crippen LogP contribution in [0.3, 0.4) is 0 Å². The highest BCUT2D eigenvalue weighted by molar-refractivity contribution is 5.96. The maximum Gasteiger partial charge on any atom is 0.259 e. The average Bonchev–Trinajstić information content (AvgIpc) is 3.03. The van der Waals surface area contributed by atoms with Gasteiger partial charge in [-0.25, -0.2) is 9.97 Å². The summed E-state index contributed by atoms with van der Waals surface area (Å²) in [6.07, 6.45) is 7.02. The first-order chi connectivity index (χ1) is 12.0. The second-order valence-electron chi connectivity index (χ2n) is 6.18. The van der Waals surface area contributed by atoms with Gasteiger partial charge in [-0.1, -0.05) is 0 Å². The van der Waals surface area contributed by atoms with Crippen molar-refractivity contribution >= 4 is 11.7 Å². The van der Waals surface area contributed by atoms with Crippen LogP contribution in [-0.2, 0) is 0 Å². The molecule has 25 heavy (non-hydrogen) atoms. The zero-order chi connectivity index (χ0) is 17.9. The summed E-state index contributed by atoms with van der Waals surface area (Å²) in [7, 11) is 3.14. The van der Waals surface area contributed by atoms with Gasteiger partial charge in [-0.05, 0) is 18.6 Å². The number of anilines is 1. The van der Waals surface area contributed by atoms with Crippen LogP contribution in [0.2, 0.25) is 0 Å². The van der Waals surface area contributed by atoms with E-state index in [1.807, 2.05) is 4.90 Å². The fourth-order valence-corrected chi connectivity index (χ4v) is 3.07. The molecule has 0 radical (unpaired) electrons. The van der Waals surface area contributed by atoms with Gasteiger partial charge >= 0.3 is 0 Å². The zero-order valence-electron chi connectivity index (χ0n) is 14.3. The van der Waals surface area contributed by atoms with Crippen molar-refractivity contribution in [3.63, 3.8) is 0 Å². The molecule has 1 amide bonds. The molecule has 8 nitrogen and oxygen atoms in total. The Kier molecular flexibility index (Phi) is 4.80. The summed E-state index contributed by atoms with van der Waals surface area (Å²) in [6.45, 7) is 1.27. The molecular formula is C17H21N5O3. The third kappa shape index (κ3) is 3.69. The summed E-state index contributed by atoms with van der Waals surface area (Å²) in [5.74, 6) is 0.761. The number of hydrogen-bond donors (Lipinski definition) is 1. The Balaban J connectivity index is 1.68. The van der Waals surface area contributed by atoms with E-state index < -0.39 is 5.60 Å². The smallest absolute Gasteiger partial charge is 0.259 e. The number of hydrogen-bond acceptors (Lipinski definition) is 7. The summed E-state index contributed by atoms with van der Waals surface area (Å²) in [5.41, 5.74) is -0.628. The Morgan fingerprint density at radius 2 is 2.24 bits per heavy atom. The van der Waals surface area contributed by atoms with Crippen molar-refractivity contribution < 1.29 is 14.6 Å². The Bertz CT molecular complexity index is 742. The van der Waals surface area contributed by atoms with Gasteiger partial charge in [0.15, 0.2) is 0 Å². The number of likely N-dealkylation sites (N-methyl/N-ethyl adjacent to an activating group) is 1. The van der Waals surface area contributed by atoms with Gasteiger partial charge in [0.1, 0.15) is 17.0 Å². The number of aliphatic hydroxyl groups is 1. The molecule has 1 aliphatic rings. The van der Waals surface area contributed by atoms with Crippen LogP contribution >= 0.6 is 0 Å². The predicted molar refractivity (Wildman–Crippen MR) is 91.6 cm³/mol. The molecule has 3 heterocycles. The Hall–Kier alpha value is -2.74. The first-order valence-corrected chi connectivity index (χ1v) is 8.00. The lowest BCUT2D eigenvalue weighted by molar-refractivity contribution is 0.0262. The van der Waals surface area contributed by atoms with Crippen LogP contribution in [0.15, 0.2) is 36.9 Å². The summed E-state index contributed by atoms with van der Waals surface area (Å²) < 4.78 is 5.14. The molecule has 2 aromatic rings. The van der Waals surface area contributed by atoms with E-state index in [0.717, 1.165) is 5.82 Å². The summed E-state index contributed by atoms with van der Waals surface area (Å²) in [4.78, 5) is 28.5. The largest absolute Gasteiger partial charge is 0.480 e. The van der Waals surface area contributed by atoms with Crippen LogP contribution in [0.4, 0.5) is 5.82 Å². The highest BCUT2D eigenvalue weighted by Gasteiger charge is 2.38. The molecule has 1 saturated heterocycles. The van der Waals surface area contributed by atoms with E-state index in [1.165, 1.54) is 12.0 Å². The quantitative estimate of drug-likeness (QED) is 0.849. The molecule has 1 fully saturated rings. The molecule has 1 atom stereocenters. The minimum absolute atomic E-state index is 0.209. The molecule has 2 aromatic heterocycles. The molecule has 1 aliphatic heterocycles. The number of aromatic nitrogens is 3. The summed E-state index contributed by atoms with van der Waals surface area (Å²) in [5, 5.41) is 10.9. The van der Waals surface area contributed by atoms with Gasteiger partial charge in [-0.2, -0.15) is 0 Å². The van der Waals surface area contributed by atoms with Crippen molar-refractivity contribution in [1.29, 1.82) is 0 Å². The molecule has 132 valence electrons. The number of carbonyl (C=O) groups is 1. The van der Waals surface area contributed by atoms with Gasteiger partial charge in [0.05, 0.1) is 19.9 Å². The normalized spacial score (nSPS) is 19.7. The van der Waals surface area contributed by atoms with Crippen LogP contribution in [0.1, 0.15) is 16.8 Å². The fraction of sp³-hybridized carbons (Fsp3) is 0.412.